The number of imidazole rings is 2. The van der Waals surface area contributed by atoms with Crippen molar-refractivity contribution in [1.82, 2.24) is 39.2 Å². The molecule has 3 amide bonds. The summed E-state index contributed by atoms with van der Waals surface area (Å²) in [5.41, 5.74) is 6.36. The zero-order valence-corrected chi connectivity index (χ0v) is 44.8. The minimum atomic E-state index is -0.188. The summed E-state index contributed by atoms with van der Waals surface area (Å²) in [4.78, 5) is 55.8. The van der Waals surface area contributed by atoms with Crippen molar-refractivity contribution in [2.45, 2.75) is 137 Å². The van der Waals surface area contributed by atoms with Crippen LogP contribution < -0.4 is 5.32 Å². The van der Waals surface area contributed by atoms with E-state index in [1.54, 1.807) is 42.1 Å². The quantitative estimate of drug-likeness (QED) is 0.0813. The molecule has 14 nitrogen and oxygen atoms in total. The van der Waals surface area contributed by atoms with Crippen molar-refractivity contribution in [2.75, 3.05) is 38.3 Å². The number of carbonyl (C=O) groups is 3. The molecule has 7 heterocycles. The third kappa shape index (κ3) is 12.7. The first-order valence-corrected chi connectivity index (χ1v) is 27.2. The van der Waals surface area contributed by atoms with Crippen molar-refractivity contribution < 1.29 is 23.9 Å². The maximum atomic E-state index is 12.6. The molecular weight excluding hydrogens is 955 g/mol. The molecule has 0 unspecified atom stereocenters. The van der Waals surface area contributed by atoms with Gasteiger partial charge in [-0.25, -0.2) is 9.97 Å². The summed E-state index contributed by atoms with van der Waals surface area (Å²) in [6.45, 7) is 20.6. The van der Waals surface area contributed by atoms with Gasteiger partial charge in [-0.3, -0.25) is 24.3 Å². The Morgan fingerprint density at radius 3 is 1.70 bits per heavy atom. The van der Waals surface area contributed by atoms with E-state index in [2.05, 4.69) is 114 Å². The molecule has 0 spiro atoms. The number of anilines is 1. The smallest absolute Gasteiger partial charge is 0.261 e. The van der Waals surface area contributed by atoms with Crippen molar-refractivity contribution in [3.05, 3.63) is 120 Å². The number of pyridine rings is 1. The Hall–Kier alpha value is -5.94. The monoisotopic (exact) mass is 1020 g/mol. The molecule has 0 radical (unpaired) electrons. The minimum absolute atomic E-state index is 0.0392. The van der Waals surface area contributed by atoms with Gasteiger partial charge >= 0.3 is 0 Å². The van der Waals surface area contributed by atoms with Crippen LogP contribution in [-0.4, -0.2) is 89.9 Å². The highest BCUT2D eigenvalue weighted by molar-refractivity contribution is 7.99. The number of aromatic nitrogens is 7. The number of imide groups is 1. The van der Waals surface area contributed by atoms with Crippen molar-refractivity contribution in [3.8, 4) is 0 Å². The van der Waals surface area contributed by atoms with Crippen molar-refractivity contribution in [1.29, 1.82) is 0 Å². The summed E-state index contributed by atoms with van der Waals surface area (Å²) in [6.07, 6.45) is 8.65. The number of nitrogens with one attached hydrogen (secondary N) is 1. The maximum Gasteiger partial charge on any atom is 0.261 e. The van der Waals surface area contributed by atoms with E-state index in [9.17, 15) is 14.4 Å². The molecule has 2 fully saturated rings. The lowest BCUT2D eigenvalue weighted by atomic mass is 9.94. The lowest BCUT2D eigenvalue weighted by Crippen LogP contribution is -2.30. The number of carbonyl (C=O) groups excluding carboxylic acids is 3. The molecule has 1 N–H and O–H groups in total. The van der Waals surface area contributed by atoms with Crippen molar-refractivity contribution in [3.63, 3.8) is 0 Å². The van der Waals surface area contributed by atoms with Gasteiger partial charge in [0.05, 0.1) is 33.2 Å². The number of hydrogen-bond acceptors (Lipinski definition) is 12. The van der Waals surface area contributed by atoms with Crippen molar-refractivity contribution in [2.24, 2.45) is 11.8 Å². The summed E-state index contributed by atoms with van der Waals surface area (Å²) < 4.78 is 16.0. The summed E-state index contributed by atoms with van der Waals surface area (Å²) in [7, 11) is 0. The molecule has 4 aromatic heterocycles. The van der Waals surface area contributed by atoms with E-state index in [-0.39, 0.29) is 28.6 Å². The molecule has 0 atom stereocenters. The predicted molar refractivity (Wildman–Crippen MR) is 288 cm³/mol. The van der Waals surface area contributed by atoms with Crippen LogP contribution in [0.5, 0.6) is 0 Å². The Morgan fingerprint density at radius 2 is 1.19 bits per heavy atom. The van der Waals surface area contributed by atoms with E-state index in [1.807, 2.05) is 18.3 Å². The molecule has 73 heavy (non-hydrogen) atoms. The first-order chi connectivity index (χ1) is 35.1. The highest BCUT2D eigenvalue weighted by atomic mass is 32.2. The number of benzene rings is 3. The Labute approximate surface area is 436 Å². The van der Waals surface area contributed by atoms with E-state index >= 15 is 0 Å². The number of fused-ring (bicyclic) bond motifs is 3. The van der Waals surface area contributed by atoms with Gasteiger partial charge in [-0.2, -0.15) is 0 Å². The first-order valence-electron chi connectivity index (χ1n) is 25.6. The average Bonchev–Trinajstić information content (AvgIpc) is 4.00. The highest BCUT2D eigenvalue weighted by Gasteiger charge is 2.34. The minimum Gasteiger partial charge on any atom is -0.381 e. The van der Waals surface area contributed by atoms with E-state index < -0.39 is 0 Å². The predicted octanol–water partition coefficient (Wildman–Crippen LogP) is 11.6. The topological polar surface area (TPSA) is 159 Å². The number of unbranched alkanes of at least 4 members (excludes halogenated alkanes) is 1. The van der Waals surface area contributed by atoms with Crippen LogP contribution >= 0.6 is 23.5 Å². The number of nitrogens with zero attached hydrogens (tertiary/aromatic N) is 8. The Kier molecular flexibility index (Phi) is 16.1. The Bertz CT molecular complexity index is 3050. The van der Waals surface area contributed by atoms with Gasteiger partial charge in [-0.1, -0.05) is 77.2 Å². The molecular formula is C57H67N9O5S2. The summed E-state index contributed by atoms with van der Waals surface area (Å²) in [5.74, 6) is 3.42. The molecule has 10 rings (SSSR count). The van der Waals surface area contributed by atoms with Gasteiger partial charge in [0.1, 0.15) is 16.7 Å². The normalized spacial score (nSPS) is 15.7. The van der Waals surface area contributed by atoms with Gasteiger partial charge < -0.3 is 23.9 Å². The molecule has 0 saturated carbocycles. The zero-order valence-electron chi connectivity index (χ0n) is 43.1. The molecule has 7 aromatic rings. The number of hydrogen-bond donors (Lipinski definition) is 1. The van der Waals surface area contributed by atoms with Crippen LogP contribution in [0.15, 0.2) is 111 Å². The fraction of sp³-hybridized carbons (Fsp3) is 0.439. The van der Waals surface area contributed by atoms with Crippen LogP contribution in [0.2, 0.25) is 0 Å². The molecule has 0 bridgehead atoms. The molecule has 3 aliphatic rings. The van der Waals surface area contributed by atoms with Crippen LogP contribution in [-0.2, 0) is 44.6 Å². The summed E-state index contributed by atoms with van der Waals surface area (Å²) >= 11 is 3.26. The first kappa shape index (κ1) is 51.9. The fourth-order valence-corrected chi connectivity index (χ4v) is 11.5. The van der Waals surface area contributed by atoms with Crippen molar-refractivity contribution >= 4 is 69.1 Å². The lowest BCUT2D eigenvalue weighted by molar-refractivity contribution is -0.114. The van der Waals surface area contributed by atoms with Gasteiger partial charge in [0.2, 0.25) is 5.91 Å². The second-order valence-corrected chi connectivity index (χ2v) is 23.6. The van der Waals surface area contributed by atoms with E-state index in [0.29, 0.717) is 35.3 Å². The van der Waals surface area contributed by atoms with Crippen LogP contribution in [0.1, 0.15) is 125 Å². The molecule has 3 aliphatic heterocycles. The number of rotatable bonds is 14. The number of ether oxygens (including phenoxy) is 2. The Morgan fingerprint density at radius 1 is 0.658 bits per heavy atom. The molecule has 382 valence electrons. The van der Waals surface area contributed by atoms with Gasteiger partial charge in [0.25, 0.3) is 11.8 Å². The average molecular weight is 1020 g/mol. The number of aryl methyl sites for hydroxylation is 1. The summed E-state index contributed by atoms with van der Waals surface area (Å²) in [5, 5.41) is 11.7. The fourth-order valence-electron chi connectivity index (χ4n) is 9.79. The van der Waals surface area contributed by atoms with Gasteiger partial charge in [0.15, 0.2) is 5.82 Å². The van der Waals surface area contributed by atoms with Crippen LogP contribution in [0, 0.1) is 11.8 Å². The van der Waals surface area contributed by atoms with Crippen LogP contribution in [0.3, 0.4) is 0 Å². The number of amides is 3. The van der Waals surface area contributed by atoms with Crippen LogP contribution in [0.25, 0.3) is 22.1 Å². The lowest BCUT2D eigenvalue weighted by Gasteiger charge is -2.26. The SMILES string of the molecule is CC(=O)Nc1ccc(Sc2ccc3c(c2)nc(C(C)(C)C)n3CC2CCOCC2)nn1.CC(C)(C)c1nc2cc(Sc3ccnc(CCCCN4C(=O)c5ccccc5C4=O)c3)ccc2n1CC1CCOCC1. The third-order valence-electron chi connectivity index (χ3n) is 13.5. The standard InChI is InChI=1S/C34H38N4O3S.C23H29N5O2S/c1-34(2,3)33-36-29-21-25(11-12-30(29)38(33)22-23-14-18-41-19-15-23)42-26-13-16-35-24(20-26)8-6-7-17-37-31(39)27-9-4-5-10-28(27)32(37)40;1-15(29)24-20-7-8-21(27-26-20)31-17-5-6-19-18(13-17)25-22(23(2,3)4)28(19)14-16-9-11-30-12-10-16/h4-5,9-13,16,20-21,23H,6-8,14-15,17-19,22H2,1-3H3;5-8,13,16H,9-12,14H2,1-4H3,(H,24,26,29). The van der Waals surface area contributed by atoms with E-state index in [0.717, 1.165) is 133 Å². The van der Waals surface area contributed by atoms with E-state index in [1.165, 1.54) is 34.6 Å². The third-order valence-corrected chi connectivity index (χ3v) is 15.4. The second-order valence-electron chi connectivity index (χ2n) is 21.4. The molecule has 0 aliphatic carbocycles. The Balaban J connectivity index is 0.000000188. The molecule has 2 saturated heterocycles. The van der Waals surface area contributed by atoms with Gasteiger partial charge in [-0.15, -0.1) is 10.2 Å². The zero-order chi connectivity index (χ0) is 51.3. The van der Waals surface area contributed by atoms with Gasteiger partial charge in [0, 0.05) is 90.4 Å². The summed E-state index contributed by atoms with van der Waals surface area (Å²) in [6, 6.07) is 27.9. The molecule has 16 heteroatoms. The van der Waals surface area contributed by atoms with Crippen LogP contribution in [0.4, 0.5) is 5.82 Å². The second kappa shape index (κ2) is 22.7. The van der Waals surface area contributed by atoms with E-state index in [4.69, 9.17) is 19.4 Å². The van der Waals surface area contributed by atoms with Gasteiger partial charge in [-0.05, 0) is 130 Å². The maximum absolute atomic E-state index is 12.6. The largest absolute Gasteiger partial charge is 0.381 e. The highest BCUT2D eigenvalue weighted by Crippen LogP contribution is 2.36. The molecule has 3 aromatic carbocycles.